The number of para-hydroxylation sites is 4. The first-order chi connectivity index (χ1) is 17.7. The van der Waals surface area contributed by atoms with Crippen molar-refractivity contribution in [2.75, 3.05) is 20.9 Å². The van der Waals surface area contributed by atoms with E-state index in [1.54, 1.807) is 10.0 Å². The van der Waals surface area contributed by atoms with Crippen molar-refractivity contribution in [1.82, 2.24) is 0 Å². The summed E-state index contributed by atoms with van der Waals surface area (Å²) in [5.74, 6) is -0.111. The van der Waals surface area contributed by atoms with Crippen LogP contribution in [-0.4, -0.2) is 11.8 Å². The molecule has 182 valence electrons. The Hall–Kier alpha value is -4.58. The van der Waals surface area contributed by atoms with Gasteiger partial charge in [0.1, 0.15) is 0 Å². The molecule has 0 atom stereocenters. The Morgan fingerprint density at radius 1 is 0.472 bits per heavy atom. The number of nitrogens with one attached hydrogen (secondary N) is 2. The number of amides is 2. The van der Waals surface area contributed by atoms with Crippen LogP contribution in [0.2, 0.25) is 0 Å². The van der Waals surface area contributed by atoms with Gasteiger partial charge in [-0.15, -0.1) is 0 Å². The number of rotatable bonds is 11. The second-order valence-electron chi connectivity index (χ2n) is 8.29. The summed E-state index contributed by atoms with van der Waals surface area (Å²) in [6.45, 7) is 0. The highest BCUT2D eigenvalue weighted by Crippen LogP contribution is 2.20. The van der Waals surface area contributed by atoms with E-state index in [2.05, 4.69) is 10.9 Å². The number of nitrogens with zero attached hydrogens (tertiary/aromatic N) is 2. The van der Waals surface area contributed by atoms with E-state index in [-0.39, 0.29) is 11.8 Å². The Labute approximate surface area is 212 Å². The molecule has 4 aromatic rings. The molecule has 0 fully saturated rings. The molecule has 0 bridgehead atoms. The normalized spacial score (nSPS) is 10.3. The maximum atomic E-state index is 13.1. The predicted octanol–water partition coefficient (Wildman–Crippen LogP) is 6.67. The SMILES string of the molecule is O=C(CCCCC(=O)N(Nc1ccccc1)c1ccccc1)N(Nc1ccccc1)c1ccccc1. The zero-order valence-electron chi connectivity index (χ0n) is 20.1. The van der Waals surface area contributed by atoms with Crippen molar-refractivity contribution < 1.29 is 9.59 Å². The molecule has 0 saturated heterocycles. The fourth-order valence-corrected chi connectivity index (χ4v) is 3.76. The fourth-order valence-electron chi connectivity index (χ4n) is 3.76. The Morgan fingerprint density at radius 3 is 1.11 bits per heavy atom. The smallest absolute Gasteiger partial charge is 0.245 e. The van der Waals surface area contributed by atoms with Gasteiger partial charge in [0.15, 0.2) is 0 Å². The minimum absolute atomic E-state index is 0.0557. The first kappa shape index (κ1) is 24.5. The van der Waals surface area contributed by atoms with Crippen LogP contribution in [0.1, 0.15) is 25.7 Å². The van der Waals surface area contributed by atoms with Crippen molar-refractivity contribution >= 4 is 34.6 Å². The summed E-state index contributed by atoms with van der Waals surface area (Å²) in [4.78, 5) is 26.3. The zero-order chi connectivity index (χ0) is 25.0. The third-order valence-electron chi connectivity index (χ3n) is 5.59. The quantitative estimate of drug-likeness (QED) is 0.187. The lowest BCUT2D eigenvalue weighted by atomic mass is 10.1. The molecule has 0 aliphatic carbocycles. The monoisotopic (exact) mass is 478 g/mol. The van der Waals surface area contributed by atoms with E-state index in [0.717, 1.165) is 22.7 Å². The van der Waals surface area contributed by atoms with Crippen LogP contribution in [-0.2, 0) is 9.59 Å². The first-order valence-electron chi connectivity index (χ1n) is 12.1. The van der Waals surface area contributed by atoms with Gasteiger partial charge in [-0.25, -0.2) is 10.0 Å². The molecular weight excluding hydrogens is 448 g/mol. The lowest BCUT2D eigenvalue weighted by Crippen LogP contribution is -2.37. The molecular formula is C30H30N4O2. The van der Waals surface area contributed by atoms with Crippen LogP contribution in [0.15, 0.2) is 121 Å². The van der Waals surface area contributed by atoms with Gasteiger partial charge in [0.05, 0.1) is 22.7 Å². The van der Waals surface area contributed by atoms with E-state index in [0.29, 0.717) is 25.7 Å². The molecule has 6 heteroatoms. The van der Waals surface area contributed by atoms with Crippen LogP contribution in [0.25, 0.3) is 0 Å². The largest absolute Gasteiger partial charge is 0.291 e. The van der Waals surface area contributed by atoms with E-state index in [1.807, 2.05) is 121 Å². The van der Waals surface area contributed by atoms with Crippen molar-refractivity contribution in [3.8, 4) is 0 Å². The summed E-state index contributed by atoms with van der Waals surface area (Å²) < 4.78 is 0. The zero-order valence-corrected chi connectivity index (χ0v) is 20.1. The second-order valence-corrected chi connectivity index (χ2v) is 8.29. The third kappa shape index (κ3) is 6.96. The van der Waals surface area contributed by atoms with Crippen LogP contribution in [0, 0.1) is 0 Å². The van der Waals surface area contributed by atoms with Crippen LogP contribution in [0.3, 0.4) is 0 Å². The standard InChI is InChI=1S/C30H30N4O2/c35-29(33(27-19-9-3-10-20-27)31-25-15-5-1-6-16-25)23-13-14-24-30(36)34(28-21-11-4-12-22-28)32-26-17-7-2-8-18-26/h1-12,15-22,31-32H,13-14,23-24H2. The van der Waals surface area contributed by atoms with Crippen molar-refractivity contribution in [3.63, 3.8) is 0 Å². The predicted molar refractivity (Wildman–Crippen MR) is 146 cm³/mol. The summed E-state index contributed by atoms with van der Waals surface area (Å²) in [5.41, 5.74) is 9.62. The summed E-state index contributed by atoms with van der Waals surface area (Å²) in [6, 6.07) is 38.2. The molecule has 0 spiro atoms. The average molecular weight is 479 g/mol. The molecule has 4 rings (SSSR count). The molecule has 0 radical (unpaired) electrons. The highest BCUT2D eigenvalue weighted by atomic mass is 16.2. The Balaban J connectivity index is 1.36. The lowest BCUT2D eigenvalue weighted by Gasteiger charge is -2.25. The van der Waals surface area contributed by atoms with Crippen LogP contribution >= 0.6 is 0 Å². The molecule has 36 heavy (non-hydrogen) atoms. The Bertz CT molecular complexity index is 1120. The molecule has 0 saturated carbocycles. The van der Waals surface area contributed by atoms with Crippen molar-refractivity contribution in [3.05, 3.63) is 121 Å². The summed E-state index contributed by atoms with van der Waals surface area (Å²) >= 11 is 0. The van der Waals surface area contributed by atoms with Gasteiger partial charge in [-0.2, -0.15) is 0 Å². The van der Waals surface area contributed by atoms with Crippen LogP contribution in [0.5, 0.6) is 0 Å². The number of anilines is 4. The molecule has 6 nitrogen and oxygen atoms in total. The second kappa shape index (κ2) is 12.8. The van der Waals surface area contributed by atoms with E-state index in [9.17, 15) is 9.59 Å². The number of carbonyl (C=O) groups excluding carboxylic acids is 2. The molecule has 2 amide bonds. The van der Waals surface area contributed by atoms with Gasteiger partial charge in [-0.1, -0.05) is 72.8 Å². The maximum Gasteiger partial charge on any atom is 0.245 e. The number of unbranched alkanes of at least 4 members (excludes halogenated alkanes) is 1. The van der Waals surface area contributed by atoms with E-state index in [4.69, 9.17) is 0 Å². The number of benzene rings is 4. The van der Waals surface area contributed by atoms with Crippen molar-refractivity contribution in [1.29, 1.82) is 0 Å². The highest BCUT2D eigenvalue weighted by Gasteiger charge is 2.18. The van der Waals surface area contributed by atoms with E-state index < -0.39 is 0 Å². The first-order valence-corrected chi connectivity index (χ1v) is 12.1. The number of hydrogen-bond donors (Lipinski definition) is 2. The highest BCUT2D eigenvalue weighted by molar-refractivity contribution is 5.96. The van der Waals surface area contributed by atoms with Gasteiger partial charge < -0.3 is 0 Å². The van der Waals surface area contributed by atoms with Gasteiger partial charge in [0, 0.05) is 12.8 Å². The molecule has 0 aliphatic rings. The number of hydrazine groups is 2. The summed E-state index contributed by atoms with van der Waals surface area (Å²) in [7, 11) is 0. The summed E-state index contributed by atoms with van der Waals surface area (Å²) in [5, 5.41) is 3.15. The number of carbonyl (C=O) groups is 2. The molecule has 0 unspecified atom stereocenters. The van der Waals surface area contributed by atoms with Gasteiger partial charge >= 0.3 is 0 Å². The van der Waals surface area contributed by atoms with Gasteiger partial charge in [0.25, 0.3) is 0 Å². The molecule has 2 N–H and O–H groups in total. The van der Waals surface area contributed by atoms with Crippen LogP contribution in [0.4, 0.5) is 22.7 Å². The maximum absolute atomic E-state index is 13.1. The van der Waals surface area contributed by atoms with Crippen molar-refractivity contribution in [2.24, 2.45) is 0 Å². The molecule has 4 aromatic carbocycles. The van der Waals surface area contributed by atoms with E-state index in [1.165, 1.54) is 0 Å². The van der Waals surface area contributed by atoms with Crippen LogP contribution < -0.4 is 20.9 Å². The van der Waals surface area contributed by atoms with Gasteiger partial charge in [0.2, 0.25) is 11.8 Å². The minimum atomic E-state index is -0.0557. The van der Waals surface area contributed by atoms with Gasteiger partial charge in [-0.3, -0.25) is 20.4 Å². The lowest BCUT2D eigenvalue weighted by molar-refractivity contribution is -0.120. The molecule has 0 aromatic heterocycles. The Morgan fingerprint density at radius 2 is 0.778 bits per heavy atom. The summed E-state index contributed by atoms with van der Waals surface area (Å²) in [6.07, 6.45) is 1.83. The fraction of sp³-hybridized carbons (Fsp3) is 0.133. The average Bonchev–Trinajstić information content (AvgIpc) is 2.94. The Kier molecular flexibility index (Phi) is 8.70. The van der Waals surface area contributed by atoms with Gasteiger partial charge in [-0.05, 0) is 61.4 Å². The molecule has 0 heterocycles. The minimum Gasteiger partial charge on any atom is -0.291 e. The molecule has 0 aliphatic heterocycles. The van der Waals surface area contributed by atoms with E-state index >= 15 is 0 Å². The van der Waals surface area contributed by atoms with Crippen molar-refractivity contribution in [2.45, 2.75) is 25.7 Å². The number of hydrogen-bond acceptors (Lipinski definition) is 4. The third-order valence-corrected chi connectivity index (χ3v) is 5.59. The topological polar surface area (TPSA) is 64.7 Å².